The molecule has 37 heavy (non-hydrogen) atoms. The van der Waals surface area contributed by atoms with E-state index in [4.69, 9.17) is 4.98 Å². The minimum absolute atomic E-state index is 0.0374. The second kappa shape index (κ2) is 7.83. The molecule has 1 unspecified atom stereocenters. The van der Waals surface area contributed by atoms with Crippen LogP contribution in [0.25, 0.3) is 33.3 Å². The highest BCUT2D eigenvalue weighted by atomic mass is 16.1. The van der Waals surface area contributed by atoms with Crippen molar-refractivity contribution in [2.75, 3.05) is 10.2 Å². The largest absolute Gasteiger partial charge is 0.359 e. The van der Waals surface area contributed by atoms with Crippen LogP contribution in [-0.2, 0) is 21.1 Å². The number of benzene rings is 3. The van der Waals surface area contributed by atoms with Gasteiger partial charge in [-0.05, 0) is 42.5 Å². The van der Waals surface area contributed by atoms with E-state index >= 15 is 0 Å². The van der Waals surface area contributed by atoms with Crippen molar-refractivity contribution in [2.24, 2.45) is 21.1 Å². The summed E-state index contributed by atoms with van der Waals surface area (Å²) >= 11 is 0. The molecule has 7 rings (SSSR count). The number of rotatable bonds is 3. The van der Waals surface area contributed by atoms with Crippen LogP contribution in [0, 0.1) is 0 Å². The summed E-state index contributed by atoms with van der Waals surface area (Å²) in [6, 6.07) is 24.9. The lowest BCUT2D eigenvalue weighted by atomic mass is 10.0. The third-order valence-corrected chi connectivity index (χ3v) is 7.37. The Morgan fingerprint density at radius 3 is 2.49 bits per heavy atom. The van der Waals surface area contributed by atoms with Crippen LogP contribution in [0.3, 0.4) is 0 Å². The summed E-state index contributed by atoms with van der Waals surface area (Å²) in [5.74, 6) is 0. The van der Waals surface area contributed by atoms with E-state index in [1.165, 1.54) is 0 Å². The first kappa shape index (κ1) is 21.4. The molecule has 0 spiro atoms. The third kappa shape index (κ3) is 3.12. The van der Waals surface area contributed by atoms with Gasteiger partial charge < -0.3 is 14.8 Å². The van der Waals surface area contributed by atoms with Crippen LogP contribution >= 0.6 is 0 Å². The van der Waals surface area contributed by atoms with Crippen LogP contribution in [-0.4, -0.2) is 23.7 Å². The van der Waals surface area contributed by atoms with E-state index in [1.807, 2.05) is 50.1 Å². The molecule has 1 N–H and O–H groups in total. The van der Waals surface area contributed by atoms with Crippen LogP contribution in [0.5, 0.6) is 0 Å². The maximum absolute atomic E-state index is 12.6. The van der Waals surface area contributed by atoms with Gasteiger partial charge in [-0.2, -0.15) is 0 Å². The minimum atomic E-state index is -0.185. The molecule has 0 fully saturated rings. The topological polar surface area (TPSA) is 72.9 Å². The Hall–Kier alpha value is -4.85. The molecule has 4 heterocycles. The van der Waals surface area contributed by atoms with Gasteiger partial charge in [-0.1, -0.05) is 30.3 Å². The number of imidazole rings is 2. The van der Waals surface area contributed by atoms with Gasteiger partial charge in [0, 0.05) is 37.8 Å². The Balaban J connectivity index is 1.48. The fourth-order valence-corrected chi connectivity index (χ4v) is 5.47. The smallest absolute Gasteiger partial charge is 0.328 e. The number of hydrogen-bond donors (Lipinski definition) is 1. The van der Waals surface area contributed by atoms with Gasteiger partial charge >= 0.3 is 5.69 Å². The Bertz CT molecular complexity index is 1890. The standard InChI is InChI=1S/C29H25N7O/c1-33-17-30-16-27(33)23-15-20(19-8-4-5-9-21(19)31-23)28-32-22-10-6-7-11-24(22)36(28)18-12-13-25-26(14-18)35(3)29(37)34(25)2/h4-17,28,32H,1-3H3. The summed E-state index contributed by atoms with van der Waals surface area (Å²) in [7, 11) is 5.61. The lowest BCUT2D eigenvalue weighted by molar-refractivity contribution is 0.795. The Kier molecular flexibility index (Phi) is 4.53. The van der Waals surface area contributed by atoms with Gasteiger partial charge in [0.05, 0.1) is 51.8 Å². The summed E-state index contributed by atoms with van der Waals surface area (Å²) in [5, 5.41) is 4.84. The molecule has 0 saturated heterocycles. The summed E-state index contributed by atoms with van der Waals surface area (Å²) in [6.07, 6.45) is 3.45. The molecule has 0 bridgehead atoms. The van der Waals surface area contributed by atoms with Crippen molar-refractivity contribution in [1.82, 2.24) is 23.7 Å². The molecule has 0 amide bonds. The molecule has 1 aliphatic rings. The van der Waals surface area contributed by atoms with Crippen molar-refractivity contribution in [1.29, 1.82) is 0 Å². The van der Waals surface area contributed by atoms with E-state index in [0.717, 1.165) is 55.9 Å². The molecule has 6 aromatic rings. The highest BCUT2D eigenvalue weighted by molar-refractivity contribution is 5.92. The maximum atomic E-state index is 12.6. The number of aryl methyl sites for hydroxylation is 3. The zero-order valence-electron chi connectivity index (χ0n) is 20.8. The third-order valence-electron chi connectivity index (χ3n) is 7.37. The second-order valence-electron chi connectivity index (χ2n) is 9.51. The number of aromatic nitrogens is 5. The zero-order chi connectivity index (χ0) is 25.3. The summed E-state index contributed by atoms with van der Waals surface area (Å²) in [5.41, 5.74) is 8.75. The van der Waals surface area contributed by atoms with E-state index in [-0.39, 0.29) is 11.9 Å². The van der Waals surface area contributed by atoms with Crippen molar-refractivity contribution in [2.45, 2.75) is 6.17 Å². The molecule has 182 valence electrons. The predicted octanol–water partition coefficient (Wildman–Crippen LogP) is 5.09. The number of anilines is 3. The monoisotopic (exact) mass is 487 g/mol. The normalized spacial score (nSPS) is 14.9. The van der Waals surface area contributed by atoms with Crippen molar-refractivity contribution >= 4 is 39.0 Å². The average molecular weight is 488 g/mol. The van der Waals surface area contributed by atoms with E-state index in [9.17, 15) is 4.79 Å². The highest BCUT2D eigenvalue weighted by Crippen LogP contribution is 2.47. The Morgan fingerprint density at radius 2 is 1.65 bits per heavy atom. The van der Waals surface area contributed by atoms with Crippen LogP contribution in [0.1, 0.15) is 11.7 Å². The summed E-state index contributed by atoms with van der Waals surface area (Å²) < 4.78 is 5.37. The van der Waals surface area contributed by atoms with Crippen molar-refractivity contribution < 1.29 is 0 Å². The van der Waals surface area contributed by atoms with Crippen LogP contribution in [0.2, 0.25) is 0 Å². The van der Waals surface area contributed by atoms with Crippen molar-refractivity contribution in [3.05, 3.63) is 101 Å². The van der Waals surface area contributed by atoms with Gasteiger partial charge in [-0.25, -0.2) is 14.8 Å². The zero-order valence-corrected chi connectivity index (χ0v) is 20.8. The highest BCUT2D eigenvalue weighted by Gasteiger charge is 2.33. The van der Waals surface area contributed by atoms with Crippen LogP contribution < -0.4 is 15.9 Å². The lowest BCUT2D eigenvalue weighted by Gasteiger charge is -2.28. The quantitative estimate of drug-likeness (QED) is 0.377. The first-order valence-corrected chi connectivity index (χ1v) is 12.2. The summed E-state index contributed by atoms with van der Waals surface area (Å²) in [6.45, 7) is 0. The van der Waals surface area contributed by atoms with E-state index in [0.29, 0.717) is 0 Å². The fourth-order valence-electron chi connectivity index (χ4n) is 5.47. The molecule has 0 radical (unpaired) electrons. The molecule has 8 nitrogen and oxygen atoms in total. The maximum Gasteiger partial charge on any atom is 0.328 e. The van der Waals surface area contributed by atoms with Gasteiger partial charge in [0.1, 0.15) is 6.17 Å². The van der Waals surface area contributed by atoms with E-state index in [1.54, 1.807) is 15.5 Å². The lowest BCUT2D eigenvalue weighted by Crippen LogP contribution is -2.24. The van der Waals surface area contributed by atoms with Crippen LogP contribution in [0.15, 0.2) is 90.1 Å². The number of para-hydroxylation sites is 3. The fraction of sp³-hybridized carbons (Fsp3) is 0.138. The minimum Gasteiger partial charge on any atom is -0.359 e. The predicted molar refractivity (Wildman–Crippen MR) is 147 cm³/mol. The first-order chi connectivity index (χ1) is 18.0. The van der Waals surface area contributed by atoms with Crippen LogP contribution in [0.4, 0.5) is 17.1 Å². The number of nitrogens with zero attached hydrogens (tertiary/aromatic N) is 6. The first-order valence-electron chi connectivity index (χ1n) is 12.2. The number of pyridine rings is 1. The van der Waals surface area contributed by atoms with Crippen molar-refractivity contribution in [3.8, 4) is 11.4 Å². The molecule has 1 aliphatic heterocycles. The van der Waals surface area contributed by atoms with Gasteiger partial charge in [-0.3, -0.25) is 9.13 Å². The molecule has 3 aromatic carbocycles. The van der Waals surface area contributed by atoms with Gasteiger partial charge in [0.2, 0.25) is 0 Å². The number of nitrogens with one attached hydrogen (secondary N) is 1. The molecular formula is C29H25N7O. The van der Waals surface area contributed by atoms with Gasteiger partial charge in [0.25, 0.3) is 0 Å². The summed E-state index contributed by atoms with van der Waals surface area (Å²) in [4.78, 5) is 24.2. The molecule has 8 heteroatoms. The Morgan fingerprint density at radius 1 is 0.865 bits per heavy atom. The molecule has 0 aliphatic carbocycles. The van der Waals surface area contributed by atoms with E-state index < -0.39 is 0 Å². The molecule has 0 saturated carbocycles. The number of fused-ring (bicyclic) bond motifs is 3. The molecular weight excluding hydrogens is 462 g/mol. The average Bonchev–Trinajstić information content (AvgIpc) is 3.59. The molecule has 3 aromatic heterocycles. The second-order valence-corrected chi connectivity index (χ2v) is 9.51. The van der Waals surface area contributed by atoms with E-state index in [2.05, 4.69) is 69.8 Å². The van der Waals surface area contributed by atoms with Gasteiger partial charge in [-0.15, -0.1) is 0 Å². The Labute approximate surface area is 213 Å². The van der Waals surface area contributed by atoms with Gasteiger partial charge in [0.15, 0.2) is 0 Å². The van der Waals surface area contributed by atoms with Crippen molar-refractivity contribution in [3.63, 3.8) is 0 Å². The molecule has 1 atom stereocenters. The number of hydrogen-bond acceptors (Lipinski definition) is 5. The SMILES string of the molecule is Cn1cncc1-c1cc(C2Nc3ccccc3N2c2ccc3c(c2)n(C)c(=O)n3C)c2ccccc2n1.